The van der Waals surface area contributed by atoms with Gasteiger partial charge in [-0.2, -0.15) is 0 Å². The van der Waals surface area contributed by atoms with Gasteiger partial charge >= 0.3 is 0 Å². The summed E-state index contributed by atoms with van der Waals surface area (Å²) in [6.07, 6.45) is 2.56. The predicted octanol–water partition coefficient (Wildman–Crippen LogP) is 2.83. The van der Waals surface area contributed by atoms with Gasteiger partial charge in [0.15, 0.2) is 0 Å². The zero-order valence-corrected chi connectivity index (χ0v) is 11.4. The lowest BCUT2D eigenvalue weighted by Crippen LogP contribution is -2.43. The molecule has 1 aliphatic heterocycles. The van der Waals surface area contributed by atoms with Crippen LogP contribution < -0.4 is 5.32 Å². The summed E-state index contributed by atoms with van der Waals surface area (Å²) in [6.45, 7) is 5.27. The van der Waals surface area contributed by atoms with Gasteiger partial charge in [-0.25, -0.2) is 0 Å². The van der Waals surface area contributed by atoms with Crippen molar-refractivity contribution >= 4 is 11.6 Å². The van der Waals surface area contributed by atoms with Crippen LogP contribution in [0.4, 0.5) is 0 Å². The normalized spacial score (nSPS) is 20.8. The number of piperidine rings is 1. The molecule has 0 amide bonds. The molecule has 1 saturated heterocycles. The molecule has 17 heavy (non-hydrogen) atoms. The van der Waals surface area contributed by atoms with E-state index in [2.05, 4.69) is 36.3 Å². The Bertz CT molecular complexity index is 372. The highest BCUT2D eigenvalue weighted by Crippen LogP contribution is 2.20. The minimum atomic E-state index is 0.640. The smallest absolute Gasteiger partial charge is 0.0453 e. The first-order valence-electron chi connectivity index (χ1n) is 6.33. The van der Waals surface area contributed by atoms with Gasteiger partial charge in [0.2, 0.25) is 0 Å². The maximum absolute atomic E-state index is 6.27. The van der Waals surface area contributed by atoms with E-state index in [-0.39, 0.29) is 0 Å². The SMILES string of the molecule is Cc1ccc(CN(C)C2CCCNC2)c(Cl)c1. The van der Waals surface area contributed by atoms with E-state index in [0.717, 1.165) is 24.7 Å². The van der Waals surface area contributed by atoms with Gasteiger partial charge in [-0.05, 0) is 50.6 Å². The van der Waals surface area contributed by atoms with Crippen LogP contribution in [-0.4, -0.2) is 31.1 Å². The number of aryl methyl sites for hydroxylation is 1. The van der Waals surface area contributed by atoms with Crippen molar-refractivity contribution in [2.24, 2.45) is 0 Å². The molecule has 0 radical (unpaired) electrons. The van der Waals surface area contributed by atoms with Crippen molar-refractivity contribution in [3.8, 4) is 0 Å². The summed E-state index contributed by atoms with van der Waals surface area (Å²) in [6, 6.07) is 6.96. The highest BCUT2D eigenvalue weighted by molar-refractivity contribution is 6.31. The van der Waals surface area contributed by atoms with Crippen molar-refractivity contribution < 1.29 is 0 Å². The van der Waals surface area contributed by atoms with Crippen molar-refractivity contribution in [1.29, 1.82) is 0 Å². The maximum Gasteiger partial charge on any atom is 0.0453 e. The van der Waals surface area contributed by atoms with Crippen molar-refractivity contribution in [3.63, 3.8) is 0 Å². The van der Waals surface area contributed by atoms with E-state index in [0.29, 0.717) is 6.04 Å². The molecule has 0 aliphatic carbocycles. The lowest BCUT2D eigenvalue weighted by molar-refractivity contribution is 0.196. The molecule has 0 bridgehead atoms. The van der Waals surface area contributed by atoms with Gasteiger partial charge in [0.25, 0.3) is 0 Å². The number of halogens is 1. The van der Waals surface area contributed by atoms with Gasteiger partial charge in [0.1, 0.15) is 0 Å². The first-order chi connectivity index (χ1) is 8.16. The van der Waals surface area contributed by atoms with Crippen LogP contribution in [0.2, 0.25) is 5.02 Å². The number of hydrogen-bond donors (Lipinski definition) is 1. The molecule has 1 aromatic carbocycles. The summed E-state index contributed by atoms with van der Waals surface area (Å²) in [5.41, 5.74) is 2.45. The monoisotopic (exact) mass is 252 g/mol. The van der Waals surface area contributed by atoms with E-state index in [1.807, 2.05) is 6.07 Å². The summed E-state index contributed by atoms with van der Waals surface area (Å²) in [4.78, 5) is 2.41. The van der Waals surface area contributed by atoms with Gasteiger partial charge in [0, 0.05) is 24.2 Å². The molecule has 1 aromatic rings. The Morgan fingerprint density at radius 3 is 2.94 bits per heavy atom. The molecule has 94 valence electrons. The van der Waals surface area contributed by atoms with E-state index in [9.17, 15) is 0 Å². The van der Waals surface area contributed by atoms with Gasteiger partial charge in [-0.15, -0.1) is 0 Å². The third kappa shape index (κ3) is 3.44. The quantitative estimate of drug-likeness (QED) is 0.890. The molecule has 1 N–H and O–H groups in total. The highest BCUT2D eigenvalue weighted by atomic mass is 35.5. The molecule has 1 atom stereocenters. The van der Waals surface area contributed by atoms with Crippen LogP contribution in [0.15, 0.2) is 18.2 Å². The van der Waals surface area contributed by atoms with Crippen LogP contribution in [0.1, 0.15) is 24.0 Å². The standard InChI is InChI=1S/C14H21ClN2/c1-11-5-6-12(14(15)8-11)10-17(2)13-4-3-7-16-9-13/h5-6,8,13,16H,3-4,7,9-10H2,1-2H3. The van der Waals surface area contributed by atoms with Crippen LogP contribution in [0.5, 0.6) is 0 Å². The van der Waals surface area contributed by atoms with Gasteiger partial charge in [-0.3, -0.25) is 4.90 Å². The lowest BCUT2D eigenvalue weighted by Gasteiger charge is -2.31. The summed E-state index contributed by atoms with van der Waals surface area (Å²) < 4.78 is 0. The highest BCUT2D eigenvalue weighted by Gasteiger charge is 2.18. The Kier molecular flexibility index (Phi) is 4.43. The Morgan fingerprint density at radius 1 is 1.47 bits per heavy atom. The minimum absolute atomic E-state index is 0.640. The van der Waals surface area contributed by atoms with Gasteiger partial charge in [0.05, 0.1) is 0 Å². The van der Waals surface area contributed by atoms with Crippen LogP contribution in [0, 0.1) is 6.92 Å². The second-order valence-electron chi connectivity index (χ2n) is 5.01. The van der Waals surface area contributed by atoms with Crippen molar-refractivity contribution in [2.45, 2.75) is 32.4 Å². The topological polar surface area (TPSA) is 15.3 Å². The molecule has 2 rings (SSSR count). The van der Waals surface area contributed by atoms with Gasteiger partial charge in [-0.1, -0.05) is 23.7 Å². The molecular weight excluding hydrogens is 232 g/mol. The summed E-state index contributed by atoms with van der Waals surface area (Å²) in [5, 5.41) is 4.34. The number of hydrogen-bond acceptors (Lipinski definition) is 2. The Labute approximate surface area is 109 Å². The fraction of sp³-hybridized carbons (Fsp3) is 0.571. The number of rotatable bonds is 3. The maximum atomic E-state index is 6.27. The minimum Gasteiger partial charge on any atom is -0.315 e. The lowest BCUT2D eigenvalue weighted by atomic mass is 10.1. The third-order valence-corrected chi connectivity index (χ3v) is 3.87. The number of nitrogens with zero attached hydrogens (tertiary/aromatic N) is 1. The molecule has 0 aromatic heterocycles. The fourth-order valence-electron chi connectivity index (χ4n) is 2.39. The molecule has 0 saturated carbocycles. The second kappa shape index (κ2) is 5.85. The summed E-state index contributed by atoms with van der Waals surface area (Å²) in [7, 11) is 2.19. The number of likely N-dealkylation sites (N-methyl/N-ethyl adjacent to an activating group) is 1. The Hall–Kier alpha value is -0.570. The van der Waals surface area contributed by atoms with Crippen LogP contribution >= 0.6 is 11.6 Å². The number of benzene rings is 1. The Balaban J connectivity index is 1.99. The first kappa shape index (κ1) is 12.9. The van der Waals surface area contributed by atoms with E-state index in [1.165, 1.54) is 24.0 Å². The fourth-order valence-corrected chi connectivity index (χ4v) is 2.68. The number of nitrogens with one attached hydrogen (secondary N) is 1. The third-order valence-electron chi connectivity index (χ3n) is 3.52. The van der Waals surface area contributed by atoms with Crippen molar-refractivity contribution in [3.05, 3.63) is 34.3 Å². The van der Waals surface area contributed by atoms with E-state index >= 15 is 0 Å². The Morgan fingerprint density at radius 2 is 2.29 bits per heavy atom. The van der Waals surface area contributed by atoms with Gasteiger partial charge < -0.3 is 5.32 Å². The largest absolute Gasteiger partial charge is 0.315 e. The zero-order chi connectivity index (χ0) is 12.3. The second-order valence-corrected chi connectivity index (χ2v) is 5.42. The predicted molar refractivity (Wildman–Crippen MR) is 73.5 cm³/mol. The molecule has 0 spiro atoms. The van der Waals surface area contributed by atoms with Crippen molar-refractivity contribution in [1.82, 2.24) is 10.2 Å². The first-order valence-corrected chi connectivity index (χ1v) is 6.70. The summed E-state index contributed by atoms with van der Waals surface area (Å²) in [5.74, 6) is 0. The van der Waals surface area contributed by atoms with E-state index < -0.39 is 0 Å². The van der Waals surface area contributed by atoms with Crippen LogP contribution in [-0.2, 0) is 6.54 Å². The zero-order valence-electron chi connectivity index (χ0n) is 10.7. The van der Waals surface area contributed by atoms with E-state index in [4.69, 9.17) is 11.6 Å². The molecule has 1 fully saturated rings. The van der Waals surface area contributed by atoms with Crippen molar-refractivity contribution in [2.75, 3.05) is 20.1 Å². The molecule has 1 heterocycles. The van der Waals surface area contributed by atoms with Crippen LogP contribution in [0.25, 0.3) is 0 Å². The van der Waals surface area contributed by atoms with Crippen LogP contribution in [0.3, 0.4) is 0 Å². The molecule has 1 aliphatic rings. The molecular formula is C14H21ClN2. The average Bonchev–Trinajstić information content (AvgIpc) is 2.34. The molecule has 3 heteroatoms. The average molecular weight is 253 g/mol. The molecule has 2 nitrogen and oxygen atoms in total. The van der Waals surface area contributed by atoms with E-state index in [1.54, 1.807) is 0 Å². The molecule has 1 unspecified atom stereocenters. The summed E-state index contributed by atoms with van der Waals surface area (Å²) >= 11 is 6.27.